The van der Waals surface area contributed by atoms with Crippen molar-refractivity contribution in [1.82, 2.24) is 10.6 Å². The summed E-state index contributed by atoms with van der Waals surface area (Å²) < 4.78 is 0. The number of carboxylic acids is 1. The highest BCUT2D eigenvalue weighted by Gasteiger charge is 2.20. The van der Waals surface area contributed by atoms with Gasteiger partial charge in [0.15, 0.2) is 0 Å². The van der Waals surface area contributed by atoms with E-state index in [0.29, 0.717) is 6.54 Å². The second-order valence-electron chi connectivity index (χ2n) is 3.37. The second-order valence-corrected chi connectivity index (χ2v) is 3.37. The van der Waals surface area contributed by atoms with Crippen LogP contribution in [0.15, 0.2) is 0 Å². The summed E-state index contributed by atoms with van der Waals surface area (Å²) in [4.78, 5) is 21.9. The predicted molar refractivity (Wildman–Crippen MR) is 53.0 cm³/mol. The summed E-state index contributed by atoms with van der Waals surface area (Å²) in [6, 6.07) is -0.757. The van der Waals surface area contributed by atoms with Crippen LogP contribution in [-0.4, -0.2) is 35.6 Å². The van der Waals surface area contributed by atoms with Crippen LogP contribution in [0, 0.1) is 0 Å². The molecule has 0 aromatic rings. The monoisotopic (exact) mass is 202 g/mol. The third-order valence-corrected chi connectivity index (χ3v) is 1.60. The van der Waals surface area contributed by atoms with Crippen LogP contribution in [0.1, 0.15) is 27.2 Å². The van der Waals surface area contributed by atoms with Gasteiger partial charge in [-0.3, -0.25) is 9.59 Å². The molecule has 1 amide bonds. The first-order chi connectivity index (χ1) is 6.47. The first-order valence-corrected chi connectivity index (χ1v) is 4.73. The Bertz CT molecular complexity index is 204. The lowest BCUT2D eigenvalue weighted by Gasteiger charge is -2.16. The highest BCUT2D eigenvalue weighted by molar-refractivity contribution is 5.84. The fourth-order valence-corrected chi connectivity index (χ4v) is 1.07. The van der Waals surface area contributed by atoms with E-state index < -0.39 is 12.0 Å². The molecule has 1 unspecified atom stereocenters. The maximum Gasteiger partial charge on any atom is 0.321 e. The Hall–Kier alpha value is -1.10. The number of carboxylic acid groups (broad SMARTS) is 1. The highest BCUT2D eigenvalue weighted by Crippen LogP contribution is 1.95. The van der Waals surface area contributed by atoms with Crippen LogP contribution in [0.5, 0.6) is 0 Å². The van der Waals surface area contributed by atoms with Crippen LogP contribution >= 0.6 is 0 Å². The number of hydrogen-bond acceptors (Lipinski definition) is 3. The molecule has 5 nitrogen and oxygen atoms in total. The van der Waals surface area contributed by atoms with Gasteiger partial charge in [0.05, 0.1) is 6.42 Å². The van der Waals surface area contributed by atoms with E-state index in [9.17, 15) is 9.59 Å². The van der Waals surface area contributed by atoms with Gasteiger partial charge in [0.25, 0.3) is 0 Å². The molecule has 5 heteroatoms. The summed E-state index contributed by atoms with van der Waals surface area (Å²) in [6.45, 7) is 6.00. The summed E-state index contributed by atoms with van der Waals surface area (Å²) in [6.07, 6.45) is -0.0264. The smallest absolute Gasteiger partial charge is 0.321 e. The van der Waals surface area contributed by atoms with Gasteiger partial charge in [0, 0.05) is 12.6 Å². The van der Waals surface area contributed by atoms with Crippen LogP contribution in [0.3, 0.4) is 0 Å². The van der Waals surface area contributed by atoms with Gasteiger partial charge in [-0.15, -0.1) is 0 Å². The number of rotatable bonds is 6. The Kier molecular flexibility index (Phi) is 5.87. The molecule has 0 rings (SSSR count). The molecular weight excluding hydrogens is 184 g/mol. The summed E-state index contributed by atoms with van der Waals surface area (Å²) in [7, 11) is 0. The first kappa shape index (κ1) is 12.9. The molecule has 0 aromatic carbocycles. The van der Waals surface area contributed by atoms with Crippen LogP contribution in [-0.2, 0) is 9.59 Å². The zero-order valence-electron chi connectivity index (χ0n) is 8.83. The zero-order chi connectivity index (χ0) is 11.1. The Balaban J connectivity index is 4.09. The Labute approximate surface area is 83.9 Å². The molecule has 0 spiro atoms. The van der Waals surface area contributed by atoms with Gasteiger partial charge in [0.2, 0.25) is 5.91 Å². The molecule has 1 atom stereocenters. The maximum atomic E-state index is 11.1. The predicted octanol–water partition coefficient (Wildman–Crippen LogP) is -0.0362. The molecule has 0 aliphatic rings. The van der Waals surface area contributed by atoms with E-state index in [2.05, 4.69) is 10.6 Å². The van der Waals surface area contributed by atoms with E-state index in [4.69, 9.17) is 5.11 Å². The van der Waals surface area contributed by atoms with E-state index in [0.717, 1.165) is 0 Å². The number of amides is 1. The second kappa shape index (κ2) is 6.37. The Morgan fingerprint density at radius 3 is 2.29 bits per heavy atom. The summed E-state index contributed by atoms with van der Waals surface area (Å²) in [5.41, 5.74) is 0. The van der Waals surface area contributed by atoms with Gasteiger partial charge in [-0.2, -0.15) is 0 Å². The molecule has 0 bridgehead atoms. The number of carbonyl (C=O) groups is 2. The number of carbonyl (C=O) groups excluding carboxylic acids is 1. The average Bonchev–Trinajstić information content (AvgIpc) is 2.02. The van der Waals surface area contributed by atoms with Gasteiger partial charge in [-0.1, -0.05) is 13.8 Å². The van der Waals surface area contributed by atoms with Crippen molar-refractivity contribution in [3.63, 3.8) is 0 Å². The van der Waals surface area contributed by atoms with Crippen molar-refractivity contribution in [2.24, 2.45) is 0 Å². The molecule has 3 N–H and O–H groups in total. The number of hydrogen-bond donors (Lipinski definition) is 3. The van der Waals surface area contributed by atoms with Gasteiger partial charge in [-0.05, 0) is 6.92 Å². The van der Waals surface area contributed by atoms with Gasteiger partial charge in [0.1, 0.15) is 6.04 Å². The van der Waals surface area contributed by atoms with E-state index in [1.807, 2.05) is 13.8 Å². The van der Waals surface area contributed by atoms with Crippen molar-refractivity contribution in [3.05, 3.63) is 0 Å². The topological polar surface area (TPSA) is 78.4 Å². The minimum atomic E-state index is -0.995. The zero-order valence-corrected chi connectivity index (χ0v) is 8.83. The van der Waals surface area contributed by atoms with Crippen molar-refractivity contribution in [2.45, 2.75) is 39.3 Å². The van der Waals surface area contributed by atoms with Crippen LogP contribution in [0.2, 0.25) is 0 Å². The van der Waals surface area contributed by atoms with Gasteiger partial charge < -0.3 is 15.7 Å². The van der Waals surface area contributed by atoms with Crippen molar-refractivity contribution in [3.8, 4) is 0 Å². The fraction of sp³-hybridized carbons (Fsp3) is 0.778. The van der Waals surface area contributed by atoms with Crippen molar-refractivity contribution in [2.75, 3.05) is 6.54 Å². The van der Waals surface area contributed by atoms with Gasteiger partial charge in [-0.25, -0.2) is 0 Å². The third kappa shape index (κ3) is 5.53. The molecule has 0 saturated carbocycles. The Morgan fingerprint density at radius 2 is 1.93 bits per heavy atom. The molecule has 0 aliphatic carbocycles. The van der Waals surface area contributed by atoms with E-state index in [1.54, 1.807) is 6.92 Å². The minimum absolute atomic E-state index is 0.0264. The minimum Gasteiger partial charge on any atom is -0.480 e. The molecule has 82 valence electrons. The van der Waals surface area contributed by atoms with E-state index in [-0.39, 0.29) is 18.4 Å². The lowest BCUT2D eigenvalue weighted by molar-refractivity contribution is -0.141. The Morgan fingerprint density at radius 1 is 1.36 bits per heavy atom. The van der Waals surface area contributed by atoms with Crippen molar-refractivity contribution < 1.29 is 14.7 Å². The largest absolute Gasteiger partial charge is 0.480 e. The molecule has 0 saturated heterocycles. The SMILES string of the molecule is CCNC(=O)CC(NC(C)C)C(=O)O. The van der Waals surface area contributed by atoms with E-state index >= 15 is 0 Å². The first-order valence-electron chi connectivity index (χ1n) is 4.73. The molecule has 0 radical (unpaired) electrons. The van der Waals surface area contributed by atoms with Crippen LogP contribution in [0.4, 0.5) is 0 Å². The molecule has 0 fully saturated rings. The lowest BCUT2D eigenvalue weighted by atomic mass is 10.2. The average molecular weight is 202 g/mol. The normalized spacial score (nSPS) is 12.6. The molecule has 0 aliphatic heterocycles. The summed E-state index contributed by atoms with van der Waals surface area (Å²) in [5.74, 6) is -1.24. The summed E-state index contributed by atoms with van der Waals surface area (Å²) >= 11 is 0. The molecular formula is C9H18N2O3. The molecule has 0 aromatic heterocycles. The molecule has 0 heterocycles. The quantitative estimate of drug-likeness (QED) is 0.565. The summed E-state index contributed by atoms with van der Waals surface area (Å²) in [5, 5.41) is 14.2. The van der Waals surface area contributed by atoms with Crippen molar-refractivity contribution >= 4 is 11.9 Å². The fourth-order valence-electron chi connectivity index (χ4n) is 1.07. The van der Waals surface area contributed by atoms with Crippen molar-refractivity contribution in [1.29, 1.82) is 0 Å². The highest BCUT2D eigenvalue weighted by atomic mass is 16.4. The van der Waals surface area contributed by atoms with E-state index in [1.165, 1.54) is 0 Å². The number of nitrogens with one attached hydrogen (secondary N) is 2. The molecule has 14 heavy (non-hydrogen) atoms. The van der Waals surface area contributed by atoms with Crippen LogP contribution in [0.25, 0.3) is 0 Å². The number of aliphatic carboxylic acids is 1. The van der Waals surface area contributed by atoms with Crippen LogP contribution < -0.4 is 10.6 Å². The van der Waals surface area contributed by atoms with Gasteiger partial charge >= 0.3 is 5.97 Å². The maximum absolute atomic E-state index is 11.1. The third-order valence-electron chi connectivity index (χ3n) is 1.60. The standard InChI is InChI=1S/C9H18N2O3/c1-4-10-8(12)5-7(9(13)14)11-6(2)3/h6-7,11H,4-5H2,1-3H3,(H,10,12)(H,13,14). The lowest BCUT2D eigenvalue weighted by Crippen LogP contribution is -2.44.